The minimum absolute atomic E-state index is 0.0296. The van der Waals surface area contributed by atoms with Crippen LogP contribution in [0.3, 0.4) is 0 Å². The molecule has 2 N–H and O–H groups in total. The minimum Gasteiger partial charge on any atom is -0.396 e. The molecular formula is C13H18INO2. The number of hydrogen-bond acceptors (Lipinski definition) is 2. The third-order valence-electron chi connectivity index (χ3n) is 2.58. The van der Waals surface area contributed by atoms with Gasteiger partial charge in [-0.25, -0.2) is 0 Å². The summed E-state index contributed by atoms with van der Waals surface area (Å²) in [4.78, 5) is 11.7. The number of benzene rings is 1. The molecule has 1 aromatic rings. The highest BCUT2D eigenvalue weighted by atomic mass is 127. The molecule has 0 spiro atoms. The summed E-state index contributed by atoms with van der Waals surface area (Å²) < 4.78 is 1.12. The number of hydrogen-bond donors (Lipinski definition) is 2. The molecule has 0 saturated carbocycles. The molecule has 0 aliphatic rings. The Hall–Kier alpha value is -0.620. The van der Waals surface area contributed by atoms with E-state index in [0.717, 1.165) is 16.4 Å². The average Bonchev–Trinajstić information content (AvgIpc) is 2.34. The smallest absolute Gasteiger partial charge is 0.251 e. The monoisotopic (exact) mass is 347 g/mol. The van der Waals surface area contributed by atoms with Gasteiger partial charge in [0, 0.05) is 22.3 Å². The SMILES string of the molecule is CC(CO)CCCNC(=O)c1ccc(I)cc1. The molecule has 0 bridgehead atoms. The van der Waals surface area contributed by atoms with E-state index in [1.54, 1.807) is 0 Å². The van der Waals surface area contributed by atoms with Crippen molar-refractivity contribution in [2.45, 2.75) is 19.8 Å². The topological polar surface area (TPSA) is 49.3 Å². The lowest BCUT2D eigenvalue weighted by molar-refractivity contribution is 0.0952. The van der Waals surface area contributed by atoms with Gasteiger partial charge in [-0.05, 0) is 65.6 Å². The van der Waals surface area contributed by atoms with Crippen LogP contribution in [0.1, 0.15) is 30.1 Å². The fourth-order valence-electron chi connectivity index (χ4n) is 1.45. The second-order valence-corrected chi connectivity index (χ2v) is 5.44. The number of carbonyl (C=O) groups is 1. The van der Waals surface area contributed by atoms with Crippen molar-refractivity contribution >= 4 is 28.5 Å². The Morgan fingerprint density at radius 2 is 2.06 bits per heavy atom. The van der Waals surface area contributed by atoms with Crippen LogP contribution in [0.15, 0.2) is 24.3 Å². The Balaban J connectivity index is 2.28. The highest BCUT2D eigenvalue weighted by molar-refractivity contribution is 14.1. The van der Waals surface area contributed by atoms with Crippen LogP contribution in [0.2, 0.25) is 0 Å². The molecule has 0 radical (unpaired) electrons. The van der Waals surface area contributed by atoms with E-state index in [2.05, 4.69) is 27.9 Å². The van der Waals surface area contributed by atoms with Crippen molar-refractivity contribution in [2.24, 2.45) is 5.92 Å². The summed E-state index contributed by atoms with van der Waals surface area (Å²) in [5.74, 6) is 0.281. The molecule has 0 aliphatic carbocycles. The Labute approximate surface area is 116 Å². The maximum absolute atomic E-state index is 11.7. The van der Waals surface area contributed by atoms with Gasteiger partial charge in [0.15, 0.2) is 0 Å². The lowest BCUT2D eigenvalue weighted by Crippen LogP contribution is -2.24. The Morgan fingerprint density at radius 1 is 1.41 bits per heavy atom. The van der Waals surface area contributed by atoms with Gasteiger partial charge in [0.2, 0.25) is 0 Å². The van der Waals surface area contributed by atoms with Crippen LogP contribution in [-0.4, -0.2) is 24.2 Å². The molecule has 3 nitrogen and oxygen atoms in total. The normalized spacial score (nSPS) is 12.2. The molecule has 1 atom stereocenters. The summed E-state index contributed by atoms with van der Waals surface area (Å²) >= 11 is 2.21. The summed E-state index contributed by atoms with van der Waals surface area (Å²) in [6.07, 6.45) is 1.83. The van der Waals surface area contributed by atoms with Gasteiger partial charge in [0.1, 0.15) is 0 Å². The number of aliphatic hydroxyl groups excluding tert-OH is 1. The molecule has 0 heterocycles. The summed E-state index contributed by atoms with van der Waals surface area (Å²) in [6.45, 7) is 2.88. The third-order valence-corrected chi connectivity index (χ3v) is 3.30. The Kier molecular flexibility index (Phi) is 6.50. The van der Waals surface area contributed by atoms with Crippen LogP contribution in [0, 0.1) is 9.49 Å². The molecule has 1 amide bonds. The number of halogens is 1. The lowest BCUT2D eigenvalue weighted by Gasteiger charge is -2.08. The van der Waals surface area contributed by atoms with Crippen molar-refractivity contribution in [3.63, 3.8) is 0 Å². The van der Waals surface area contributed by atoms with Gasteiger partial charge >= 0.3 is 0 Å². The first-order valence-corrected chi connectivity index (χ1v) is 6.86. The summed E-state index contributed by atoms with van der Waals surface area (Å²) in [7, 11) is 0. The molecule has 1 aromatic carbocycles. The molecule has 94 valence electrons. The quantitative estimate of drug-likeness (QED) is 0.613. The molecule has 0 saturated heterocycles. The van der Waals surface area contributed by atoms with Gasteiger partial charge in [-0.15, -0.1) is 0 Å². The molecule has 1 unspecified atom stereocenters. The first-order valence-electron chi connectivity index (χ1n) is 5.78. The zero-order valence-electron chi connectivity index (χ0n) is 9.95. The highest BCUT2D eigenvalue weighted by Crippen LogP contribution is 2.07. The van der Waals surface area contributed by atoms with Gasteiger partial charge in [-0.3, -0.25) is 4.79 Å². The van der Waals surface area contributed by atoms with Crippen LogP contribution >= 0.6 is 22.6 Å². The highest BCUT2D eigenvalue weighted by Gasteiger charge is 2.04. The van der Waals surface area contributed by atoms with Crippen molar-refractivity contribution in [3.05, 3.63) is 33.4 Å². The van der Waals surface area contributed by atoms with E-state index in [4.69, 9.17) is 5.11 Å². The Bertz CT molecular complexity index is 351. The van der Waals surface area contributed by atoms with E-state index in [1.807, 2.05) is 31.2 Å². The first kappa shape index (κ1) is 14.4. The second-order valence-electron chi connectivity index (χ2n) is 4.19. The predicted molar refractivity (Wildman–Crippen MR) is 77.0 cm³/mol. The molecule has 17 heavy (non-hydrogen) atoms. The zero-order valence-corrected chi connectivity index (χ0v) is 12.1. The van der Waals surface area contributed by atoms with Crippen molar-refractivity contribution in [1.82, 2.24) is 5.32 Å². The Morgan fingerprint density at radius 3 is 2.65 bits per heavy atom. The molecule has 0 fully saturated rings. The molecule has 1 rings (SSSR count). The zero-order chi connectivity index (χ0) is 12.7. The van der Waals surface area contributed by atoms with Gasteiger partial charge in [-0.2, -0.15) is 0 Å². The van der Waals surface area contributed by atoms with Crippen LogP contribution in [0.4, 0.5) is 0 Å². The third kappa shape index (κ3) is 5.50. The van der Waals surface area contributed by atoms with Gasteiger partial charge in [0.25, 0.3) is 5.91 Å². The van der Waals surface area contributed by atoms with Crippen molar-refractivity contribution < 1.29 is 9.90 Å². The standard InChI is InChI=1S/C13H18INO2/c1-10(9-16)3-2-8-15-13(17)11-4-6-12(14)7-5-11/h4-7,10,16H,2-3,8-9H2,1H3,(H,15,17). The number of aliphatic hydroxyl groups is 1. The van der Waals surface area contributed by atoms with Gasteiger partial charge < -0.3 is 10.4 Å². The van der Waals surface area contributed by atoms with Gasteiger partial charge in [-0.1, -0.05) is 6.92 Å². The molecule has 0 aromatic heterocycles. The van der Waals surface area contributed by atoms with E-state index >= 15 is 0 Å². The number of rotatable bonds is 6. The van der Waals surface area contributed by atoms with Crippen molar-refractivity contribution in [1.29, 1.82) is 0 Å². The van der Waals surface area contributed by atoms with Crippen molar-refractivity contribution in [3.8, 4) is 0 Å². The van der Waals surface area contributed by atoms with E-state index in [1.165, 1.54) is 0 Å². The largest absolute Gasteiger partial charge is 0.396 e. The van der Waals surface area contributed by atoms with Gasteiger partial charge in [0.05, 0.1) is 0 Å². The second kappa shape index (κ2) is 7.66. The molecule has 4 heteroatoms. The van der Waals surface area contributed by atoms with Crippen molar-refractivity contribution in [2.75, 3.05) is 13.2 Å². The van der Waals surface area contributed by atoms with Crippen LogP contribution in [0.25, 0.3) is 0 Å². The summed E-state index contributed by atoms with van der Waals surface area (Å²) in [6, 6.07) is 7.49. The average molecular weight is 347 g/mol. The fourth-order valence-corrected chi connectivity index (χ4v) is 1.81. The summed E-state index contributed by atoms with van der Waals surface area (Å²) in [5.41, 5.74) is 0.695. The van der Waals surface area contributed by atoms with E-state index in [-0.39, 0.29) is 12.5 Å². The van der Waals surface area contributed by atoms with Crippen LogP contribution in [-0.2, 0) is 0 Å². The predicted octanol–water partition coefficient (Wildman–Crippen LogP) is 2.43. The number of amides is 1. The fraction of sp³-hybridized carbons (Fsp3) is 0.462. The first-order chi connectivity index (χ1) is 8.13. The summed E-state index contributed by atoms with van der Waals surface area (Å²) in [5, 5.41) is 11.7. The number of carbonyl (C=O) groups excluding carboxylic acids is 1. The minimum atomic E-state index is -0.0296. The molecule has 0 aliphatic heterocycles. The van der Waals surface area contributed by atoms with Crippen LogP contribution in [0.5, 0.6) is 0 Å². The maximum Gasteiger partial charge on any atom is 0.251 e. The van der Waals surface area contributed by atoms with E-state index in [0.29, 0.717) is 18.0 Å². The van der Waals surface area contributed by atoms with E-state index in [9.17, 15) is 4.79 Å². The van der Waals surface area contributed by atoms with E-state index < -0.39 is 0 Å². The lowest BCUT2D eigenvalue weighted by atomic mass is 10.1. The molecular weight excluding hydrogens is 329 g/mol. The maximum atomic E-state index is 11.7. The number of nitrogens with one attached hydrogen (secondary N) is 1. The van der Waals surface area contributed by atoms with Crippen LogP contribution < -0.4 is 5.32 Å².